The van der Waals surface area contributed by atoms with Crippen molar-refractivity contribution in [2.75, 3.05) is 18.4 Å². The quantitative estimate of drug-likeness (QED) is 0.678. The van der Waals surface area contributed by atoms with Gasteiger partial charge in [0.15, 0.2) is 0 Å². The van der Waals surface area contributed by atoms with Crippen LogP contribution in [0, 0.1) is 0 Å². The van der Waals surface area contributed by atoms with E-state index in [9.17, 15) is 18.7 Å². The van der Waals surface area contributed by atoms with E-state index in [1.807, 2.05) is 19.1 Å². The number of aromatic hydroxyl groups is 1. The van der Waals surface area contributed by atoms with Gasteiger partial charge in [0.2, 0.25) is 5.91 Å². The molecule has 0 aromatic heterocycles. The minimum Gasteiger partial charge on any atom is -0.508 e. The number of benzene rings is 2. The van der Waals surface area contributed by atoms with Crippen LogP contribution in [0.4, 0.5) is 14.5 Å². The van der Waals surface area contributed by atoms with Crippen molar-refractivity contribution in [1.29, 1.82) is 0 Å². The topological polar surface area (TPSA) is 52.6 Å². The zero-order valence-corrected chi connectivity index (χ0v) is 16.3. The van der Waals surface area contributed by atoms with Crippen molar-refractivity contribution in [3.8, 4) is 5.75 Å². The van der Waals surface area contributed by atoms with Crippen LogP contribution in [0.2, 0.25) is 0 Å². The zero-order valence-electron chi connectivity index (χ0n) is 15.4. The molecule has 1 amide bonds. The fourth-order valence-electron chi connectivity index (χ4n) is 3.11. The molecule has 0 aliphatic carbocycles. The Hall–Kier alpha value is -2.38. The van der Waals surface area contributed by atoms with E-state index in [-0.39, 0.29) is 17.7 Å². The van der Waals surface area contributed by atoms with Gasteiger partial charge in [-0.15, -0.1) is 0 Å². The van der Waals surface area contributed by atoms with E-state index in [1.54, 1.807) is 36.4 Å². The van der Waals surface area contributed by atoms with Crippen molar-refractivity contribution < 1.29 is 18.7 Å². The Morgan fingerprint density at radius 2 is 1.82 bits per heavy atom. The highest BCUT2D eigenvalue weighted by Crippen LogP contribution is 2.27. The van der Waals surface area contributed by atoms with Crippen LogP contribution in [-0.2, 0) is 4.79 Å². The van der Waals surface area contributed by atoms with Gasteiger partial charge in [0, 0.05) is 23.7 Å². The Kier molecular flexibility index (Phi) is 6.70. The van der Waals surface area contributed by atoms with Crippen LogP contribution in [0.25, 0.3) is 5.57 Å². The Labute approximate surface area is 167 Å². The number of carbonyl (C=O) groups is 1. The second kappa shape index (κ2) is 9.21. The van der Waals surface area contributed by atoms with E-state index >= 15 is 0 Å². The molecule has 3 rings (SSSR count). The monoisotopic (exact) mass is 404 g/mol. The number of halogens is 2. The number of nitrogens with zero attached hydrogens (tertiary/aromatic N) is 1. The maximum atomic E-state index is 12.5. The molecule has 0 bridgehead atoms. The van der Waals surface area contributed by atoms with Gasteiger partial charge >= 0.3 is 0 Å². The molecule has 1 atom stereocenters. The number of nitrogens with one attached hydrogen (secondary N) is 1. The van der Waals surface area contributed by atoms with Crippen LogP contribution in [0.5, 0.6) is 5.75 Å². The number of phenols is 1. The molecule has 4 nitrogen and oxygen atoms in total. The standard InChI is InChI=1S/C21H22F2N2O2S/c1-14(20(27)24-17-4-8-19(9-5-17)28-21(22)23)25-12-10-16(11-13-25)15-2-6-18(26)7-3-15/h2-10,14,21,26H,11-13H2,1H3,(H,24,27). The third kappa shape index (κ3) is 5.33. The lowest BCUT2D eigenvalue weighted by atomic mass is 9.98. The SMILES string of the molecule is CC(C(=O)Nc1ccc(SC(F)F)cc1)N1CC=C(c2ccc(O)cc2)CC1. The Balaban J connectivity index is 1.56. The molecule has 2 aromatic rings. The number of thioether (sulfide) groups is 1. The van der Waals surface area contributed by atoms with Gasteiger partial charge in [-0.1, -0.05) is 30.0 Å². The highest BCUT2D eigenvalue weighted by molar-refractivity contribution is 7.99. The fraction of sp³-hybridized carbons (Fsp3) is 0.286. The zero-order chi connectivity index (χ0) is 20.1. The average Bonchev–Trinajstić information content (AvgIpc) is 2.69. The first-order chi connectivity index (χ1) is 13.4. The molecule has 7 heteroatoms. The molecule has 0 saturated heterocycles. The molecule has 0 spiro atoms. The average molecular weight is 404 g/mol. The predicted molar refractivity (Wildman–Crippen MR) is 109 cm³/mol. The summed E-state index contributed by atoms with van der Waals surface area (Å²) in [5, 5.41) is 12.2. The molecule has 28 heavy (non-hydrogen) atoms. The lowest BCUT2D eigenvalue weighted by Crippen LogP contribution is -2.44. The van der Waals surface area contributed by atoms with E-state index in [4.69, 9.17) is 0 Å². The van der Waals surface area contributed by atoms with Crippen molar-refractivity contribution in [3.05, 3.63) is 60.2 Å². The smallest absolute Gasteiger partial charge is 0.288 e. The van der Waals surface area contributed by atoms with E-state index in [2.05, 4.69) is 16.3 Å². The number of alkyl halides is 2. The lowest BCUT2D eigenvalue weighted by Gasteiger charge is -2.31. The first-order valence-corrected chi connectivity index (χ1v) is 9.88. The van der Waals surface area contributed by atoms with Gasteiger partial charge in [0.05, 0.1) is 6.04 Å². The Morgan fingerprint density at radius 1 is 1.14 bits per heavy atom. The summed E-state index contributed by atoms with van der Waals surface area (Å²) in [7, 11) is 0. The second-order valence-electron chi connectivity index (χ2n) is 6.59. The van der Waals surface area contributed by atoms with Crippen LogP contribution in [0.15, 0.2) is 59.5 Å². The molecule has 0 radical (unpaired) electrons. The molecule has 0 saturated carbocycles. The summed E-state index contributed by atoms with van der Waals surface area (Å²) in [6.45, 7) is 3.27. The molecule has 0 fully saturated rings. The summed E-state index contributed by atoms with van der Waals surface area (Å²) in [6, 6.07) is 13.2. The summed E-state index contributed by atoms with van der Waals surface area (Å²) in [6.07, 6.45) is 2.93. The third-order valence-corrected chi connectivity index (χ3v) is 5.48. The summed E-state index contributed by atoms with van der Waals surface area (Å²) in [5.74, 6) is -2.34. The third-order valence-electron chi connectivity index (χ3n) is 4.75. The fourth-order valence-corrected chi connectivity index (χ4v) is 3.61. The maximum Gasteiger partial charge on any atom is 0.288 e. The van der Waals surface area contributed by atoms with Crippen LogP contribution >= 0.6 is 11.8 Å². The maximum absolute atomic E-state index is 12.5. The first kappa shape index (κ1) is 20.4. The van der Waals surface area contributed by atoms with Gasteiger partial charge < -0.3 is 10.4 Å². The van der Waals surface area contributed by atoms with Crippen LogP contribution in [0.3, 0.4) is 0 Å². The van der Waals surface area contributed by atoms with Crippen molar-refractivity contribution >= 4 is 28.9 Å². The van der Waals surface area contributed by atoms with Gasteiger partial charge in [-0.25, -0.2) is 0 Å². The van der Waals surface area contributed by atoms with Crippen molar-refractivity contribution in [1.82, 2.24) is 4.90 Å². The minimum absolute atomic E-state index is 0.129. The highest BCUT2D eigenvalue weighted by atomic mass is 32.2. The highest BCUT2D eigenvalue weighted by Gasteiger charge is 2.23. The largest absolute Gasteiger partial charge is 0.508 e. The number of rotatable bonds is 6. The molecule has 148 valence electrons. The van der Waals surface area contributed by atoms with Gasteiger partial charge in [0.1, 0.15) is 5.75 Å². The van der Waals surface area contributed by atoms with Crippen molar-refractivity contribution in [2.24, 2.45) is 0 Å². The van der Waals surface area contributed by atoms with E-state index in [0.717, 1.165) is 18.5 Å². The van der Waals surface area contributed by atoms with Crippen molar-refractivity contribution in [3.63, 3.8) is 0 Å². The number of phenolic OH excluding ortho intramolecular Hbond substituents is 1. The summed E-state index contributed by atoms with van der Waals surface area (Å²) in [4.78, 5) is 15.1. The first-order valence-electron chi connectivity index (χ1n) is 9.00. The molecule has 1 aliphatic heterocycles. The van der Waals surface area contributed by atoms with Gasteiger partial charge in [-0.2, -0.15) is 8.78 Å². The minimum atomic E-state index is -2.46. The summed E-state index contributed by atoms with van der Waals surface area (Å²) < 4.78 is 24.7. The van der Waals surface area contributed by atoms with Gasteiger partial charge in [0.25, 0.3) is 5.76 Å². The van der Waals surface area contributed by atoms with Gasteiger partial charge in [-0.05, 0) is 60.9 Å². The van der Waals surface area contributed by atoms with E-state index in [1.165, 1.54) is 5.57 Å². The van der Waals surface area contributed by atoms with E-state index < -0.39 is 5.76 Å². The Bertz CT molecular complexity index is 838. The number of carbonyl (C=O) groups excluding carboxylic acids is 1. The number of anilines is 1. The molecule has 1 aliphatic rings. The number of hydrogen-bond donors (Lipinski definition) is 2. The van der Waals surface area contributed by atoms with Crippen LogP contribution in [-0.4, -0.2) is 40.8 Å². The summed E-state index contributed by atoms with van der Waals surface area (Å²) in [5.41, 5.74) is 2.88. The second-order valence-corrected chi connectivity index (χ2v) is 7.65. The normalized spacial score (nSPS) is 15.9. The van der Waals surface area contributed by atoms with Crippen molar-refractivity contribution in [2.45, 2.75) is 30.0 Å². The summed E-state index contributed by atoms with van der Waals surface area (Å²) >= 11 is 0.480. The number of hydrogen-bond acceptors (Lipinski definition) is 4. The predicted octanol–water partition coefficient (Wildman–Crippen LogP) is 4.82. The molecule has 2 N–H and O–H groups in total. The van der Waals surface area contributed by atoms with Crippen LogP contribution < -0.4 is 5.32 Å². The molecule has 2 aromatic carbocycles. The number of amides is 1. The molecule has 1 unspecified atom stereocenters. The lowest BCUT2D eigenvalue weighted by molar-refractivity contribution is -0.120. The van der Waals surface area contributed by atoms with Gasteiger partial charge in [-0.3, -0.25) is 9.69 Å². The Morgan fingerprint density at radius 3 is 2.39 bits per heavy atom. The molecular formula is C21H22F2N2O2S. The van der Waals surface area contributed by atoms with E-state index in [0.29, 0.717) is 28.9 Å². The molecular weight excluding hydrogens is 382 g/mol. The van der Waals surface area contributed by atoms with Crippen LogP contribution in [0.1, 0.15) is 18.9 Å². The molecule has 1 heterocycles.